The van der Waals surface area contributed by atoms with E-state index in [0.717, 1.165) is 11.1 Å². The zero-order valence-corrected chi connectivity index (χ0v) is 25.4. The van der Waals surface area contributed by atoms with Crippen LogP contribution in [0.1, 0.15) is 64.7 Å². The first-order valence-corrected chi connectivity index (χ1v) is 14.3. The fraction of sp³-hybridized carbons (Fsp3) is 0.448. The Morgan fingerprint density at radius 2 is 1.88 bits per heavy atom. The van der Waals surface area contributed by atoms with Gasteiger partial charge in [-0.05, 0) is 58.7 Å². The quantitative estimate of drug-likeness (QED) is 0.220. The number of aromatic nitrogens is 3. The van der Waals surface area contributed by atoms with E-state index in [2.05, 4.69) is 10.1 Å². The third-order valence-electron chi connectivity index (χ3n) is 6.65. The van der Waals surface area contributed by atoms with Crippen molar-refractivity contribution in [3.63, 3.8) is 0 Å². The van der Waals surface area contributed by atoms with E-state index in [1.807, 2.05) is 10.9 Å². The van der Waals surface area contributed by atoms with Gasteiger partial charge in [-0.2, -0.15) is 5.10 Å². The van der Waals surface area contributed by atoms with Gasteiger partial charge < -0.3 is 24.8 Å². The van der Waals surface area contributed by atoms with Crippen LogP contribution in [0.3, 0.4) is 0 Å². The summed E-state index contributed by atoms with van der Waals surface area (Å²) in [6, 6.07) is 4.43. The number of hydrogen-bond donors (Lipinski definition) is 1. The molecule has 0 saturated carbocycles. The summed E-state index contributed by atoms with van der Waals surface area (Å²) in [5.41, 5.74) is 7.32. The van der Waals surface area contributed by atoms with E-state index in [9.17, 15) is 14.0 Å². The molecule has 0 bridgehead atoms. The summed E-state index contributed by atoms with van der Waals surface area (Å²) in [6.07, 6.45) is 5.47. The van der Waals surface area contributed by atoms with E-state index >= 15 is 0 Å². The van der Waals surface area contributed by atoms with E-state index < -0.39 is 29.6 Å². The van der Waals surface area contributed by atoms with Crippen molar-refractivity contribution in [3.05, 3.63) is 58.2 Å². The highest BCUT2D eigenvalue weighted by atomic mass is 35.5. The van der Waals surface area contributed by atoms with Gasteiger partial charge in [-0.25, -0.2) is 14.2 Å². The van der Waals surface area contributed by atoms with Gasteiger partial charge >= 0.3 is 12.1 Å². The number of ether oxygens (including phenoxy) is 3. The summed E-state index contributed by atoms with van der Waals surface area (Å²) in [5, 5.41) is 4.70. The third kappa shape index (κ3) is 7.83. The number of benzene rings is 1. The van der Waals surface area contributed by atoms with Gasteiger partial charge in [0.2, 0.25) is 0 Å². The van der Waals surface area contributed by atoms with E-state index in [4.69, 9.17) is 43.1 Å². The highest BCUT2D eigenvalue weighted by Gasteiger charge is 2.26. The molecule has 10 nitrogen and oxygen atoms in total. The number of hydrogen-bond acceptors (Lipinski definition) is 8. The van der Waals surface area contributed by atoms with Gasteiger partial charge in [0.05, 0.1) is 23.7 Å². The average Bonchev–Trinajstić information content (AvgIpc) is 3.42. The van der Waals surface area contributed by atoms with Gasteiger partial charge in [-0.3, -0.25) is 9.48 Å². The molecule has 3 aromatic rings. The molecular weight excluding hydrogens is 588 g/mol. The molecule has 0 aliphatic carbocycles. The van der Waals surface area contributed by atoms with Crippen molar-refractivity contribution in [3.8, 4) is 16.9 Å². The van der Waals surface area contributed by atoms with Crippen LogP contribution < -0.4 is 10.5 Å². The topological polar surface area (TPSA) is 122 Å². The molecule has 1 aromatic carbocycles. The number of anilines is 1. The van der Waals surface area contributed by atoms with Crippen LogP contribution in [0, 0.1) is 5.82 Å². The van der Waals surface area contributed by atoms with Crippen molar-refractivity contribution in [1.29, 1.82) is 0 Å². The molecule has 1 aliphatic heterocycles. The van der Waals surface area contributed by atoms with Gasteiger partial charge in [0.15, 0.2) is 11.6 Å². The first-order chi connectivity index (χ1) is 19.8. The maximum absolute atomic E-state index is 14.0. The summed E-state index contributed by atoms with van der Waals surface area (Å²) in [5.74, 6) is -0.553. The van der Waals surface area contributed by atoms with Crippen molar-refractivity contribution in [2.45, 2.75) is 64.7 Å². The largest absolute Gasteiger partial charge is 0.482 e. The van der Waals surface area contributed by atoms with Crippen molar-refractivity contribution in [2.75, 3.05) is 25.4 Å². The Labute approximate surface area is 253 Å². The number of nitrogens with two attached hydrogens (primary N) is 1. The maximum Gasteiger partial charge on any atom is 0.409 e. The molecule has 1 saturated heterocycles. The second kappa shape index (κ2) is 13.2. The van der Waals surface area contributed by atoms with E-state index in [-0.39, 0.29) is 34.9 Å². The number of likely N-dealkylation sites (tertiary alicyclic amines) is 1. The summed E-state index contributed by atoms with van der Waals surface area (Å²) in [6.45, 7) is 8.01. The number of esters is 1. The standard InChI is InChI=1S/C29H34Cl2FN5O5/c1-17(25-21(30)5-6-22(32)26(25)31)41-23-13-18(14-34-27(23)33)19-15-35-37(16-19)20-7-10-36(11-8-20)28(39)40-12-9-24(38)42-29(2,3)4/h5-6,13-17,20H,7-12H2,1-4H3,(H2,33,34). The molecule has 1 fully saturated rings. The number of amides is 1. The number of halogens is 3. The molecule has 2 N–H and O–H groups in total. The predicted octanol–water partition coefficient (Wildman–Crippen LogP) is 6.62. The lowest BCUT2D eigenvalue weighted by molar-refractivity contribution is -0.155. The fourth-order valence-corrected chi connectivity index (χ4v) is 5.26. The molecule has 0 spiro atoms. The summed E-state index contributed by atoms with van der Waals surface area (Å²) in [7, 11) is 0. The van der Waals surface area contributed by atoms with Gasteiger partial charge in [0.1, 0.15) is 24.1 Å². The van der Waals surface area contributed by atoms with Crippen molar-refractivity contribution < 1.29 is 28.2 Å². The number of pyridine rings is 1. The smallest absolute Gasteiger partial charge is 0.409 e. The van der Waals surface area contributed by atoms with E-state index in [1.54, 1.807) is 51.1 Å². The molecule has 3 heterocycles. The predicted molar refractivity (Wildman–Crippen MR) is 157 cm³/mol. The second-order valence-corrected chi connectivity index (χ2v) is 11.8. The molecule has 1 amide bonds. The molecule has 0 radical (unpaired) electrons. The maximum atomic E-state index is 14.0. The third-order valence-corrected chi connectivity index (χ3v) is 7.37. The molecule has 42 heavy (non-hydrogen) atoms. The van der Waals surface area contributed by atoms with E-state index in [0.29, 0.717) is 37.2 Å². The first kappa shape index (κ1) is 31.4. The Balaban J connectivity index is 1.34. The Hall–Kier alpha value is -3.57. The van der Waals surface area contributed by atoms with Gasteiger partial charge in [0.25, 0.3) is 0 Å². The van der Waals surface area contributed by atoms with Gasteiger partial charge in [-0.15, -0.1) is 0 Å². The monoisotopic (exact) mass is 621 g/mol. The number of rotatable bonds is 8. The zero-order valence-electron chi connectivity index (χ0n) is 23.9. The summed E-state index contributed by atoms with van der Waals surface area (Å²) >= 11 is 12.4. The number of nitrogen functional groups attached to an aromatic ring is 1. The van der Waals surface area contributed by atoms with E-state index in [1.165, 1.54) is 12.1 Å². The molecule has 13 heteroatoms. The summed E-state index contributed by atoms with van der Waals surface area (Å²) < 4.78 is 32.4. The Morgan fingerprint density at radius 1 is 1.17 bits per heavy atom. The number of carbonyl (C=O) groups excluding carboxylic acids is 2. The highest BCUT2D eigenvalue weighted by Crippen LogP contribution is 2.37. The molecule has 226 valence electrons. The first-order valence-electron chi connectivity index (χ1n) is 13.6. The molecule has 1 atom stereocenters. The van der Waals surface area contributed by atoms with Crippen molar-refractivity contribution >= 4 is 41.1 Å². The minimum atomic E-state index is -0.697. The van der Waals surface area contributed by atoms with Crippen LogP contribution in [-0.2, 0) is 14.3 Å². The number of piperidine rings is 1. The average molecular weight is 623 g/mol. The van der Waals surface area contributed by atoms with Gasteiger partial charge in [-0.1, -0.05) is 23.2 Å². The molecular formula is C29H34Cl2FN5O5. The molecule has 1 unspecified atom stereocenters. The minimum Gasteiger partial charge on any atom is -0.482 e. The zero-order chi connectivity index (χ0) is 30.6. The SMILES string of the molecule is CC(Oc1cc(-c2cnn(C3CCN(C(=O)OCCC(=O)OC(C)(C)C)CC3)c2)cnc1N)c1c(Cl)ccc(F)c1Cl. The van der Waals surface area contributed by atoms with Crippen LogP contribution in [0.2, 0.25) is 10.0 Å². The number of carbonyl (C=O) groups is 2. The molecule has 2 aromatic heterocycles. The lowest BCUT2D eigenvalue weighted by atomic mass is 10.1. The number of nitrogens with zero attached hydrogens (tertiary/aromatic N) is 4. The fourth-order valence-electron chi connectivity index (χ4n) is 4.58. The Kier molecular flexibility index (Phi) is 9.83. The molecule has 4 rings (SSSR count). The van der Waals surface area contributed by atoms with Crippen LogP contribution in [0.5, 0.6) is 5.75 Å². The van der Waals surface area contributed by atoms with Crippen LogP contribution in [0.15, 0.2) is 36.8 Å². The summed E-state index contributed by atoms with van der Waals surface area (Å²) in [4.78, 5) is 30.1. The van der Waals surface area contributed by atoms with Crippen molar-refractivity contribution in [2.24, 2.45) is 0 Å². The second-order valence-electron chi connectivity index (χ2n) is 11.0. The van der Waals surface area contributed by atoms with Crippen LogP contribution >= 0.6 is 23.2 Å². The van der Waals surface area contributed by atoms with Gasteiger partial charge in [0, 0.05) is 47.2 Å². The van der Waals surface area contributed by atoms with Crippen LogP contribution in [0.25, 0.3) is 11.1 Å². The highest BCUT2D eigenvalue weighted by molar-refractivity contribution is 6.36. The molecule has 1 aliphatic rings. The lowest BCUT2D eigenvalue weighted by Gasteiger charge is -2.31. The van der Waals surface area contributed by atoms with Crippen molar-refractivity contribution in [1.82, 2.24) is 19.7 Å². The lowest BCUT2D eigenvalue weighted by Crippen LogP contribution is -2.39. The Morgan fingerprint density at radius 3 is 2.57 bits per heavy atom. The van der Waals surface area contributed by atoms with Crippen LogP contribution in [0.4, 0.5) is 15.0 Å². The normalized spacial score (nSPS) is 14.9. The minimum absolute atomic E-state index is 0.00744. The van der Waals surface area contributed by atoms with Crippen LogP contribution in [-0.4, -0.2) is 57.0 Å². The Bertz CT molecular complexity index is 1440.